The van der Waals surface area contributed by atoms with Crippen LogP contribution in [0.1, 0.15) is 25.0 Å². The van der Waals surface area contributed by atoms with Crippen molar-refractivity contribution in [2.45, 2.75) is 20.3 Å². The minimum atomic E-state index is -0.826. The van der Waals surface area contributed by atoms with Crippen molar-refractivity contribution in [2.75, 3.05) is 11.9 Å². The molecule has 0 aliphatic rings. The van der Waals surface area contributed by atoms with Gasteiger partial charge < -0.3 is 10.1 Å². The van der Waals surface area contributed by atoms with Gasteiger partial charge >= 0.3 is 11.8 Å². The monoisotopic (exact) mass is 339 g/mol. The molecule has 0 fully saturated rings. The molecule has 0 saturated heterocycles. The number of nitrogens with zero attached hydrogens (tertiary/aromatic N) is 1. The minimum absolute atomic E-state index is 0.597. The molecule has 0 aliphatic heterocycles. The van der Waals surface area contributed by atoms with E-state index in [0.717, 1.165) is 23.3 Å². The first kappa shape index (κ1) is 18.2. The first-order valence-corrected chi connectivity index (χ1v) is 8.09. The van der Waals surface area contributed by atoms with Crippen LogP contribution in [0.15, 0.2) is 53.6 Å². The number of para-hydroxylation sites is 1. The number of hydrogen-bond acceptors (Lipinski definition) is 4. The third-order valence-electron chi connectivity index (χ3n) is 3.42. The molecule has 0 bridgehead atoms. The first-order valence-electron chi connectivity index (χ1n) is 8.09. The highest BCUT2D eigenvalue weighted by Gasteiger charge is 2.14. The molecule has 0 radical (unpaired) electrons. The number of amides is 2. The van der Waals surface area contributed by atoms with Gasteiger partial charge in [0.2, 0.25) is 0 Å². The fourth-order valence-electron chi connectivity index (χ4n) is 2.16. The van der Waals surface area contributed by atoms with Gasteiger partial charge in [0.15, 0.2) is 0 Å². The standard InChI is InChI=1S/C19H21N3O3/c1-3-15-7-5-6-8-17(15)21-18(23)19(24)22-20-13-14-9-11-16(12-10-14)25-4-2/h5-13H,3-4H2,1-2H3,(H,21,23)(H,22,24)/b20-13-. The van der Waals surface area contributed by atoms with Gasteiger partial charge in [-0.2, -0.15) is 5.10 Å². The number of nitrogens with one attached hydrogen (secondary N) is 2. The van der Waals surface area contributed by atoms with E-state index >= 15 is 0 Å². The summed E-state index contributed by atoms with van der Waals surface area (Å²) < 4.78 is 5.34. The SMILES string of the molecule is CCOc1ccc(/C=N\NC(=O)C(=O)Nc2ccccc2CC)cc1. The summed E-state index contributed by atoms with van der Waals surface area (Å²) in [5.41, 5.74) is 4.58. The quantitative estimate of drug-likeness (QED) is 0.482. The van der Waals surface area contributed by atoms with Crippen LogP contribution in [0.2, 0.25) is 0 Å². The van der Waals surface area contributed by atoms with Crippen LogP contribution >= 0.6 is 0 Å². The second-order valence-corrected chi connectivity index (χ2v) is 5.17. The van der Waals surface area contributed by atoms with Gasteiger partial charge in [0.25, 0.3) is 0 Å². The molecule has 0 heterocycles. The summed E-state index contributed by atoms with van der Waals surface area (Å²) >= 11 is 0. The maximum atomic E-state index is 11.9. The van der Waals surface area contributed by atoms with E-state index in [-0.39, 0.29) is 0 Å². The number of hydrogen-bond donors (Lipinski definition) is 2. The van der Waals surface area contributed by atoms with Crippen molar-refractivity contribution in [3.63, 3.8) is 0 Å². The van der Waals surface area contributed by atoms with E-state index in [1.165, 1.54) is 6.21 Å². The summed E-state index contributed by atoms with van der Waals surface area (Å²) in [5.74, 6) is -0.824. The topological polar surface area (TPSA) is 79.8 Å². The average Bonchev–Trinajstić information content (AvgIpc) is 2.63. The Morgan fingerprint density at radius 2 is 1.76 bits per heavy atom. The van der Waals surface area contributed by atoms with E-state index in [0.29, 0.717) is 12.3 Å². The van der Waals surface area contributed by atoms with Crippen molar-refractivity contribution in [1.29, 1.82) is 0 Å². The summed E-state index contributed by atoms with van der Waals surface area (Å²) in [4.78, 5) is 23.7. The van der Waals surface area contributed by atoms with Crippen LogP contribution in [0.25, 0.3) is 0 Å². The Balaban J connectivity index is 1.89. The van der Waals surface area contributed by atoms with Gasteiger partial charge in [0.05, 0.1) is 12.8 Å². The number of carbonyl (C=O) groups excluding carboxylic acids is 2. The van der Waals surface area contributed by atoms with Gasteiger partial charge in [0, 0.05) is 5.69 Å². The maximum Gasteiger partial charge on any atom is 0.329 e. The number of anilines is 1. The fraction of sp³-hybridized carbons (Fsp3) is 0.211. The van der Waals surface area contributed by atoms with Crippen LogP contribution in [-0.4, -0.2) is 24.6 Å². The van der Waals surface area contributed by atoms with Crippen molar-refractivity contribution in [3.05, 3.63) is 59.7 Å². The lowest BCUT2D eigenvalue weighted by Crippen LogP contribution is -2.32. The molecule has 25 heavy (non-hydrogen) atoms. The van der Waals surface area contributed by atoms with Gasteiger partial charge in [-0.15, -0.1) is 0 Å². The van der Waals surface area contributed by atoms with Gasteiger partial charge in [-0.05, 0) is 54.8 Å². The summed E-state index contributed by atoms with van der Waals surface area (Å²) in [5, 5.41) is 6.39. The highest BCUT2D eigenvalue weighted by Crippen LogP contribution is 2.15. The third-order valence-corrected chi connectivity index (χ3v) is 3.42. The predicted octanol–water partition coefficient (Wildman–Crippen LogP) is 2.74. The summed E-state index contributed by atoms with van der Waals surface area (Å²) in [6.45, 7) is 4.49. The number of hydrazone groups is 1. The Labute approximate surface area is 146 Å². The number of rotatable bonds is 6. The van der Waals surface area contributed by atoms with E-state index in [1.54, 1.807) is 36.4 Å². The number of aryl methyl sites for hydroxylation is 1. The van der Waals surface area contributed by atoms with Crippen LogP contribution in [0, 0.1) is 0 Å². The summed E-state index contributed by atoms with van der Waals surface area (Å²) in [6.07, 6.45) is 2.22. The smallest absolute Gasteiger partial charge is 0.329 e. The van der Waals surface area contributed by atoms with Crippen LogP contribution < -0.4 is 15.5 Å². The van der Waals surface area contributed by atoms with E-state index in [4.69, 9.17) is 4.74 Å². The van der Waals surface area contributed by atoms with Gasteiger partial charge in [-0.3, -0.25) is 9.59 Å². The van der Waals surface area contributed by atoms with Gasteiger partial charge in [-0.1, -0.05) is 25.1 Å². The second kappa shape index (κ2) is 9.22. The van der Waals surface area contributed by atoms with Gasteiger partial charge in [0.1, 0.15) is 5.75 Å². The highest BCUT2D eigenvalue weighted by molar-refractivity contribution is 6.39. The predicted molar refractivity (Wildman–Crippen MR) is 97.8 cm³/mol. The van der Waals surface area contributed by atoms with Crippen molar-refractivity contribution < 1.29 is 14.3 Å². The largest absolute Gasteiger partial charge is 0.494 e. The molecular weight excluding hydrogens is 318 g/mol. The Hall–Kier alpha value is -3.15. The highest BCUT2D eigenvalue weighted by atomic mass is 16.5. The van der Waals surface area contributed by atoms with Crippen molar-refractivity contribution >= 4 is 23.7 Å². The van der Waals surface area contributed by atoms with Crippen molar-refractivity contribution in [3.8, 4) is 5.75 Å². The molecule has 0 saturated carbocycles. The molecule has 130 valence electrons. The molecule has 6 heteroatoms. The lowest BCUT2D eigenvalue weighted by atomic mass is 10.1. The molecule has 0 aliphatic carbocycles. The van der Waals surface area contributed by atoms with E-state index in [2.05, 4.69) is 15.8 Å². The Bertz CT molecular complexity index is 755. The molecule has 0 unspecified atom stereocenters. The number of carbonyl (C=O) groups is 2. The van der Waals surface area contributed by atoms with Crippen LogP contribution in [0.4, 0.5) is 5.69 Å². The molecule has 0 atom stereocenters. The zero-order valence-electron chi connectivity index (χ0n) is 14.3. The minimum Gasteiger partial charge on any atom is -0.494 e. The summed E-state index contributed by atoms with van der Waals surface area (Å²) in [7, 11) is 0. The van der Waals surface area contributed by atoms with Crippen molar-refractivity contribution in [2.24, 2.45) is 5.10 Å². The Kier molecular flexibility index (Phi) is 6.71. The lowest BCUT2D eigenvalue weighted by molar-refractivity contribution is -0.136. The molecule has 0 aromatic heterocycles. The Morgan fingerprint density at radius 1 is 1.04 bits per heavy atom. The number of benzene rings is 2. The van der Waals surface area contributed by atoms with Crippen LogP contribution in [0.3, 0.4) is 0 Å². The van der Waals surface area contributed by atoms with E-state index in [9.17, 15) is 9.59 Å². The van der Waals surface area contributed by atoms with Crippen LogP contribution in [0.5, 0.6) is 5.75 Å². The molecule has 0 spiro atoms. The normalized spacial score (nSPS) is 10.5. The van der Waals surface area contributed by atoms with Crippen molar-refractivity contribution in [1.82, 2.24) is 5.43 Å². The molecule has 2 rings (SSSR count). The lowest BCUT2D eigenvalue weighted by Gasteiger charge is -2.08. The second-order valence-electron chi connectivity index (χ2n) is 5.17. The van der Waals surface area contributed by atoms with E-state index in [1.807, 2.05) is 26.0 Å². The average molecular weight is 339 g/mol. The number of ether oxygens (including phenoxy) is 1. The molecule has 2 aromatic rings. The Morgan fingerprint density at radius 3 is 2.44 bits per heavy atom. The molecule has 2 N–H and O–H groups in total. The first-order chi connectivity index (χ1) is 12.1. The zero-order chi connectivity index (χ0) is 18.1. The molecule has 6 nitrogen and oxygen atoms in total. The molecular formula is C19H21N3O3. The van der Waals surface area contributed by atoms with E-state index < -0.39 is 11.8 Å². The summed E-state index contributed by atoms with van der Waals surface area (Å²) in [6, 6.07) is 14.6. The molecule has 2 aromatic carbocycles. The fourth-order valence-corrected chi connectivity index (χ4v) is 2.16. The molecule has 2 amide bonds. The maximum absolute atomic E-state index is 11.9. The third kappa shape index (κ3) is 5.46. The zero-order valence-corrected chi connectivity index (χ0v) is 14.3. The van der Waals surface area contributed by atoms with Gasteiger partial charge in [-0.25, -0.2) is 5.43 Å². The van der Waals surface area contributed by atoms with Crippen LogP contribution in [-0.2, 0) is 16.0 Å².